The Morgan fingerprint density at radius 3 is 2.38 bits per heavy atom. The van der Waals surface area contributed by atoms with Crippen LogP contribution in [0.2, 0.25) is 0 Å². The second-order valence-electron chi connectivity index (χ2n) is 4.95. The van der Waals surface area contributed by atoms with E-state index in [1.165, 1.54) is 48.2 Å². The van der Waals surface area contributed by atoms with Crippen molar-refractivity contribution in [1.82, 2.24) is 4.57 Å². The lowest BCUT2D eigenvalue weighted by atomic mass is 10.0. The van der Waals surface area contributed by atoms with Gasteiger partial charge in [-0.15, -0.1) is 0 Å². The maximum Gasteiger partial charge on any atom is 0.339 e. The fourth-order valence-corrected chi connectivity index (χ4v) is 2.05. The molecule has 110 valence electrons. The fourth-order valence-electron chi connectivity index (χ4n) is 2.05. The van der Waals surface area contributed by atoms with Crippen molar-refractivity contribution in [3.05, 3.63) is 58.3 Å². The zero-order valence-corrected chi connectivity index (χ0v) is 12.1. The van der Waals surface area contributed by atoms with Crippen molar-refractivity contribution < 1.29 is 13.9 Å². The van der Waals surface area contributed by atoms with Crippen LogP contribution in [0.3, 0.4) is 0 Å². The number of hydrogen-bond acceptors (Lipinski definition) is 3. The first-order valence-corrected chi connectivity index (χ1v) is 6.54. The van der Waals surface area contributed by atoms with Gasteiger partial charge in [0.05, 0.1) is 12.7 Å². The van der Waals surface area contributed by atoms with E-state index in [9.17, 15) is 14.0 Å². The van der Waals surface area contributed by atoms with E-state index >= 15 is 0 Å². The molecule has 0 saturated heterocycles. The van der Waals surface area contributed by atoms with Crippen LogP contribution in [-0.4, -0.2) is 17.6 Å². The van der Waals surface area contributed by atoms with E-state index in [4.69, 9.17) is 4.74 Å². The lowest BCUT2D eigenvalue weighted by molar-refractivity contribution is 0.0599. The summed E-state index contributed by atoms with van der Waals surface area (Å²) in [7, 11) is 1.28. The molecule has 2 aromatic rings. The molecule has 4 nitrogen and oxygen atoms in total. The van der Waals surface area contributed by atoms with Crippen LogP contribution >= 0.6 is 0 Å². The fraction of sp³-hybridized carbons (Fsp3) is 0.250. The lowest BCUT2D eigenvalue weighted by Crippen LogP contribution is -2.24. The summed E-state index contributed by atoms with van der Waals surface area (Å²) in [6, 6.07) is 6.94. The van der Waals surface area contributed by atoms with Crippen molar-refractivity contribution in [2.45, 2.75) is 19.9 Å². The van der Waals surface area contributed by atoms with E-state index in [1.54, 1.807) is 0 Å². The topological polar surface area (TPSA) is 48.3 Å². The largest absolute Gasteiger partial charge is 0.465 e. The molecule has 0 fully saturated rings. The van der Waals surface area contributed by atoms with Crippen molar-refractivity contribution in [2.75, 3.05) is 7.11 Å². The summed E-state index contributed by atoms with van der Waals surface area (Å²) in [5.41, 5.74) is 0.947. The monoisotopic (exact) mass is 289 g/mol. The van der Waals surface area contributed by atoms with Crippen LogP contribution in [-0.2, 0) is 4.74 Å². The molecule has 0 N–H and O–H groups in total. The molecule has 0 spiro atoms. The number of pyridine rings is 1. The Morgan fingerprint density at radius 1 is 1.24 bits per heavy atom. The van der Waals surface area contributed by atoms with Crippen molar-refractivity contribution in [3.8, 4) is 11.1 Å². The number of carbonyl (C=O) groups is 1. The van der Waals surface area contributed by atoms with Gasteiger partial charge in [-0.25, -0.2) is 9.18 Å². The first-order chi connectivity index (χ1) is 9.93. The SMILES string of the molecule is COC(=O)c1cc(-c2ccc(F)cc2)c(=O)n(C(C)C)c1. The van der Waals surface area contributed by atoms with Gasteiger partial charge in [-0.2, -0.15) is 0 Å². The quantitative estimate of drug-likeness (QED) is 0.816. The first kappa shape index (κ1) is 15.0. The van der Waals surface area contributed by atoms with Crippen molar-refractivity contribution in [3.63, 3.8) is 0 Å². The van der Waals surface area contributed by atoms with Crippen LogP contribution in [0.25, 0.3) is 11.1 Å². The van der Waals surface area contributed by atoms with Gasteiger partial charge in [0.25, 0.3) is 5.56 Å². The van der Waals surface area contributed by atoms with E-state index in [2.05, 4.69) is 0 Å². The third-order valence-electron chi connectivity index (χ3n) is 3.18. The predicted octanol–water partition coefficient (Wildman–Crippen LogP) is 3.02. The van der Waals surface area contributed by atoms with Crippen molar-refractivity contribution in [1.29, 1.82) is 0 Å². The zero-order valence-electron chi connectivity index (χ0n) is 12.1. The van der Waals surface area contributed by atoms with Gasteiger partial charge in [0, 0.05) is 17.8 Å². The lowest BCUT2D eigenvalue weighted by Gasteiger charge is -2.14. The number of carbonyl (C=O) groups excluding carboxylic acids is 1. The highest BCUT2D eigenvalue weighted by molar-refractivity contribution is 5.90. The molecule has 1 heterocycles. The number of esters is 1. The van der Waals surface area contributed by atoms with Gasteiger partial charge >= 0.3 is 5.97 Å². The van der Waals surface area contributed by atoms with Gasteiger partial charge in [-0.05, 0) is 37.6 Å². The zero-order chi connectivity index (χ0) is 15.6. The maximum absolute atomic E-state index is 13.0. The molecular formula is C16H16FNO3. The highest BCUT2D eigenvalue weighted by Gasteiger charge is 2.15. The number of methoxy groups -OCH3 is 1. The number of ether oxygens (including phenoxy) is 1. The molecule has 0 amide bonds. The standard InChI is InChI=1S/C16H16FNO3/c1-10(2)18-9-12(16(20)21-3)8-14(15(18)19)11-4-6-13(17)7-5-11/h4-10H,1-3H3. The molecule has 0 saturated carbocycles. The van der Waals surface area contributed by atoms with Crippen LogP contribution in [0.15, 0.2) is 41.3 Å². The van der Waals surface area contributed by atoms with Gasteiger partial charge in [-0.3, -0.25) is 4.79 Å². The van der Waals surface area contributed by atoms with Gasteiger partial charge in [0.1, 0.15) is 5.82 Å². The Kier molecular flexibility index (Phi) is 4.21. The number of rotatable bonds is 3. The highest BCUT2D eigenvalue weighted by atomic mass is 19.1. The highest BCUT2D eigenvalue weighted by Crippen LogP contribution is 2.19. The smallest absolute Gasteiger partial charge is 0.339 e. The Morgan fingerprint density at radius 2 is 1.86 bits per heavy atom. The molecule has 0 atom stereocenters. The number of hydrogen-bond donors (Lipinski definition) is 0. The molecule has 0 bridgehead atoms. The Balaban J connectivity index is 2.69. The van der Waals surface area contributed by atoms with E-state index in [-0.39, 0.29) is 23.0 Å². The Labute approximate surface area is 121 Å². The summed E-state index contributed by atoms with van der Waals surface area (Å²) >= 11 is 0. The number of nitrogens with zero attached hydrogens (tertiary/aromatic N) is 1. The van der Waals surface area contributed by atoms with Gasteiger partial charge < -0.3 is 9.30 Å². The van der Waals surface area contributed by atoms with Crippen LogP contribution in [0.1, 0.15) is 30.2 Å². The summed E-state index contributed by atoms with van der Waals surface area (Å²) in [6.07, 6.45) is 1.48. The maximum atomic E-state index is 13.0. The summed E-state index contributed by atoms with van der Waals surface area (Å²) in [5, 5.41) is 0. The van der Waals surface area contributed by atoms with Crippen molar-refractivity contribution >= 4 is 5.97 Å². The Hall–Kier alpha value is -2.43. The molecule has 2 rings (SSSR count). The third kappa shape index (κ3) is 3.02. The summed E-state index contributed by atoms with van der Waals surface area (Å²) < 4.78 is 19.2. The molecule has 0 aliphatic carbocycles. The Bertz CT molecular complexity index is 717. The molecule has 21 heavy (non-hydrogen) atoms. The number of aromatic nitrogens is 1. The van der Waals surface area contributed by atoms with E-state index in [0.29, 0.717) is 11.1 Å². The average molecular weight is 289 g/mol. The first-order valence-electron chi connectivity index (χ1n) is 6.54. The number of halogens is 1. The van der Waals surface area contributed by atoms with Crippen LogP contribution in [0.5, 0.6) is 0 Å². The van der Waals surface area contributed by atoms with Gasteiger partial charge in [0.2, 0.25) is 0 Å². The van der Waals surface area contributed by atoms with E-state index < -0.39 is 5.97 Å². The minimum Gasteiger partial charge on any atom is -0.465 e. The minimum atomic E-state index is -0.521. The molecular weight excluding hydrogens is 273 g/mol. The summed E-state index contributed by atoms with van der Waals surface area (Å²) in [6.45, 7) is 3.69. The van der Waals surface area contributed by atoms with E-state index in [1.807, 2.05) is 13.8 Å². The second-order valence-corrected chi connectivity index (χ2v) is 4.95. The summed E-state index contributed by atoms with van der Waals surface area (Å²) in [5.74, 6) is -0.903. The van der Waals surface area contributed by atoms with Gasteiger partial charge in [0.15, 0.2) is 0 Å². The van der Waals surface area contributed by atoms with Crippen LogP contribution < -0.4 is 5.56 Å². The van der Waals surface area contributed by atoms with Crippen molar-refractivity contribution in [2.24, 2.45) is 0 Å². The van der Waals surface area contributed by atoms with Gasteiger partial charge in [-0.1, -0.05) is 12.1 Å². The summed E-state index contributed by atoms with van der Waals surface area (Å²) in [4.78, 5) is 24.2. The van der Waals surface area contributed by atoms with Crippen LogP contribution in [0, 0.1) is 5.82 Å². The molecule has 0 radical (unpaired) electrons. The average Bonchev–Trinajstić information content (AvgIpc) is 2.47. The third-order valence-corrected chi connectivity index (χ3v) is 3.18. The van der Waals surface area contributed by atoms with Crippen LogP contribution in [0.4, 0.5) is 4.39 Å². The molecule has 0 aliphatic heterocycles. The molecule has 0 aliphatic rings. The number of benzene rings is 1. The normalized spacial score (nSPS) is 10.7. The minimum absolute atomic E-state index is 0.110. The second kappa shape index (κ2) is 5.91. The van der Waals surface area contributed by atoms with E-state index in [0.717, 1.165) is 0 Å². The molecule has 1 aromatic heterocycles. The molecule has 0 unspecified atom stereocenters. The predicted molar refractivity (Wildman–Crippen MR) is 77.8 cm³/mol. The molecule has 1 aromatic carbocycles. The molecule has 5 heteroatoms.